The van der Waals surface area contributed by atoms with E-state index in [-0.39, 0.29) is 11.3 Å². The third-order valence-electron chi connectivity index (χ3n) is 3.50. The highest BCUT2D eigenvalue weighted by Gasteiger charge is 2.29. The number of aliphatic hydroxyl groups is 1. The van der Waals surface area contributed by atoms with Gasteiger partial charge in [-0.05, 0) is 36.9 Å². The lowest BCUT2D eigenvalue weighted by atomic mass is 9.77. The van der Waals surface area contributed by atoms with E-state index in [4.69, 9.17) is 27.6 Å². The van der Waals surface area contributed by atoms with E-state index in [1.54, 1.807) is 6.07 Å². The average molecular weight is 349 g/mol. The number of halogens is 2. The fourth-order valence-electron chi connectivity index (χ4n) is 2.01. The minimum absolute atomic E-state index is 0.0385. The maximum absolute atomic E-state index is 10.5. The number of aliphatic hydroxyl groups excluding tert-OH is 1. The van der Waals surface area contributed by atoms with Crippen LogP contribution < -0.4 is 0 Å². The number of hydrogen-bond donors (Lipinski definition) is 1. The molecule has 1 heterocycles. The van der Waals surface area contributed by atoms with E-state index in [9.17, 15) is 5.11 Å². The second kappa shape index (κ2) is 7.93. The summed E-state index contributed by atoms with van der Waals surface area (Å²) in [5.74, 6) is 0.224. The molecule has 0 saturated carbocycles. The van der Waals surface area contributed by atoms with Crippen LogP contribution in [0.1, 0.15) is 38.9 Å². The standard InChI is InChI=1S/C15H24Cl2NO2Si/c1-15(2,3)10(9-20-21(4)5)6-13(19)12-7-11(16)8-18-14(12)17/h7-8,10,13,19H,6,9H2,1-5H3/t10-,13?/m0/s1. The third kappa shape index (κ3) is 6.25. The number of hydrogen-bond acceptors (Lipinski definition) is 3. The van der Waals surface area contributed by atoms with Crippen LogP contribution >= 0.6 is 23.2 Å². The van der Waals surface area contributed by atoms with Gasteiger partial charge in [0.05, 0.1) is 11.1 Å². The van der Waals surface area contributed by atoms with E-state index in [0.29, 0.717) is 28.8 Å². The molecule has 1 unspecified atom stereocenters. The number of aromatic nitrogens is 1. The summed E-state index contributed by atoms with van der Waals surface area (Å²) >= 11 is 12.0. The summed E-state index contributed by atoms with van der Waals surface area (Å²) in [5.41, 5.74) is 0.619. The molecule has 1 aromatic rings. The molecule has 21 heavy (non-hydrogen) atoms. The molecule has 1 N–H and O–H groups in total. The zero-order valence-corrected chi connectivity index (χ0v) is 15.8. The highest BCUT2D eigenvalue weighted by Crippen LogP contribution is 2.36. The highest BCUT2D eigenvalue weighted by atomic mass is 35.5. The van der Waals surface area contributed by atoms with Crippen LogP contribution in [0.5, 0.6) is 0 Å². The molecule has 0 fully saturated rings. The Labute approximate surface area is 139 Å². The Kier molecular flexibility index (Phi) is 7.14. The number of rotatable bonds is 6. The first kappa shape index (κ1) is 18.9. The molecule has 0 aliphatic heterocycles. The smallest absolute Gasteiger partial charge is 0.204 e. The van der Waals surface area contributed by atoms with Crippen molar-refractivity contribution in [2.75, 3.05) is 6.61 Å². The largest absolute Gasteiger partial charge is 0.417 e. The second-order valence-corrected chi connectivity index (χ2v) is 9.47. The normalized spacial score (nSPS) is 15.3. The summed E-state index contributed by atoms with van der Waals surface area (Å²) < 4.78 is 5.84. The molecule has 6 heteroatoms. The Balaban J connectivity index is 2.84. The first-order valence-electron chi connectivity index (χ1n) is 7.03. The highest BCUT2D eigenvalue weighted by molar-refractivity contribution is 6.48. The molecule has 1 rings (SSSR count). The molecule has 3 nitrogen and oxygen atoms in total. The lowest BCUT2D eigenvalue weighted by molar-refractivity contribution is 0.0701. The number of nitrogens with zero attached hydrogens (tertiary/aromatic N) is 1. The minimum Gasteiger partial charge on any atom is -0.417 e. The summed E-state index contributed by atoms with van der Waals surface area (Å²) in [4.78, 5) is 3.99. The Morgan fingerprint density at radius 3 is 2.48 bits per heavy atom. The summed E-state index contributed by atoms with van der Waals surface area (Å²) in [6.07, 6.45) is 1.36. The molecule has 0 aliphatic rings. The van der Waals surface area contributed by atoms with Crippen LogP contribution in [-0.2, 0) is 4.43 Å². The van der Waals surface area contributed by atoms with Gasteiger partial charge in [-0.1, -0.05) is 44.0 Å². The minimum atomic E-state index is -0.744. The Morgan fingerprint density at radius 1 is 1.33 bits per heavy atom. The van der Waals surface area contributed by atoms with Crippen LogP contribution in [0.25, 0.3) is 0 Å². The van der Waals surface area contributed by atoms with E-state index in [1.807, 2.05) is 0 Å². The topological polar surface area (TPSA) is 42.4 Å². The molecule has 1 radical (unpaired) electrons. The first-order chi connectivity index (χ1) is 9.61. The lowest BCUT2D eigenvalue weighted by Gasteiger charge is -2.33. The van der Waals surface area contributed by atoms with Gasteiger partial charge < -0.3 is 9.53 Å². The van der Waals surface area contributed by atoms with Crippen LogP contribution in [0.4, 0.5) is 0 Å². The molecule has 0 amide bonds. The van der Waals surface area contributed by atoms with Crippen LogP contribution in [-0.4, -0.2) is 25.7 Å². The fraction of sp³-hybridized carbons (Fsp3) is 0.667. The molecule has 0 bridgehead atoms. The van der Waals surface area contributed by atoms with Gasteiger partial charge in [-0.15, -0.1) is 0 Å². The quantitative estimate of drug-likeness (QED) is 0.596. The molecular formula is C15H24Cl2NO2Si. The average Bonchev–Trinajstić information content (AvgIpc) is 2.35. The lowest BCUT2D eigenvalue weighted by Crippen LogP contribution is -2.29. The Bertz CT molecular complexity index is 463. The van der Waals surface area contributed by atoms with Crippen molar-refractivity contribution in [3.8, 4) is 0 Å². The van der Waals surface area contributed by atoms with Crippen LogP contribution in [0.15, 0.2) is 12.3 Å². The van der Waals surface area contributed by atoms with Gasteiger partial charge in [-0.25, -0.2) is 4.98 Å². The molecule has 2 atom stereocenters. The third-order valence-corrected chi connectivity index (χ3v) is 4.76. The van der Waals surface area contributed by atoms with E-state index in [2.05, 4.69) is 38.8 Å². The first-order valence-corrected chi connectivity index (χ1v) is 10.2. The van der Waals surface area contributed by atoms with E-state index in [1.165, 1.54) is 6.20 Å². The summed E-state index contributed by atoms with van der Waals surface area (Å²) in [6.45, 7) is 11.3. The van der Waals surface area contributed by atoms with E-state index in [0.717, 1.165) is 0 Å². The predicted octanol–water partition coefficient (Wildman–Crippen LogP) is 4.74. The van der Waals surface area contributed by atoms with Gasteiger partial charge in [0.25, 0.3) is 0 Å². The fourth-order valence-corrected chi connectivity index (χ4v) is 2.94. The van der Waals surface area contributed by atoms with Crippen molar-refractivity contribution in [2.24, 2.45) is 11.3 Å². The molecule has 0 aliphatic carbocycles. The molecule has 0 saturated heterocycles. The summed E-state index contributed by atoms with van der Waals surface area (Å²) in [7, 11) is -0.744. The van der Waals surface area contributed by atoms with Crippen LogP contribution in [0.2, 0.25) is 23.3 Å². The molecule has 1 aromatic heterocycles. The zero-order valence-electron chi connectivity index (χ0n) is 13.3. The Hall–Kier alpha value is -0.133. The number of pyridine rings is 1. The van der Waals surface area contributed by atoms with Gasteiger partial charge >= 0.3 is 0 Å². The van der Waals surface area contributed by atoms with Gasteiger partial charge in [-0.3, -0.25) is 0 Å². The van der Waals surface area contributed by atoms with Crippen molar-refractivity contribution in [3.63, 3.8) is 0 Å². The van der Waals surface area contributed by atoms with Gasteiger partial charge in [-0.2, -0.15) is 0 Å². The maximum atomic E-state index is 10.5. The van der Waals surface area contributed by atoms with E-state index >= 15 is 0 Å². The molecular weight excluding hydrogens is 325 g/mol. The summed E-state index contributed by atoms with van der Waals surface area (Å²) in [6, 6.07) is 1.68. The maximum Gasteiger partial charge on any atom is 0.204 e. The zero-order chi connectivity index (χ0) is 16.2. The predicted molar refractivity (Wildman–Crippen MR) is 90.2 cm³/mol. The van der Waals surface area contributed by atoms with Crippen molar-refractivity contribution < 1.29 is 9.53 Å². The van der Waals surface area contributed by atoms with Crippen molar-refractivity contribution in [3.05, 3.63) is 28.0 Å². The van der Waals surface area contributed by atoms with Gasteiger partial charge in [0.2, 0.25) is 9.04 Å². The van der Waals surface area contributed by atoms with Crippen LogP contribution in [0.3, 0.4) is 0 Å². The van der Waals surface area contributed by atoms with Crippen molar-refractivity contribution in [2.45, 2.75) is 46.4 Å². The van der Waals surface area contributed by atoms with Crippen molar-refractivity contribution >= 4 is 32.2 Å². The summed E-state index contributed by atoms with van der Waals surface area (Å²) in [5, 5.41) is 11.3. The van der Waals surface area contributed by atoms with Crippen molar-refractivity contribution in [1.82, 2.24) is 4.98 Å². The second-order valence-electron chi connectivity index (χ2n) is 6.57. The van der Waals surface area contributed by atoms with Gasteiger partial charge in [0.15, 0.2) is 0 Å². The van der Waals surface area contributed by atoms with Crippen LogP contribution in [0, 0.1) is 11.3 Å². The van der Waals surface area contributed by atoms with E-state index < -0.39 is 15.1 Å². The molecule has 0 aromatic carbocycles. The van der Waals surface area contributed by atoms with Gasteiger partial charge in [0, 0.05) is 18.4 Å². The molecule has 0 spiro atoms. The SMILES string of the molecule is C[Si](C)OC[C@H](CC(O)c1cc(Cl)cnc1Cl)C(C)(C)C. The molecule has 119 valence electrons. The monoisotopic (exact) mass is 348 g/mol. The Morgan fingerprint density at radius 2 is 1.95 bits per heavy atom. The van der Waals surface area contributed by atoms with Gasteiger partial charge in [0.1, 0.15) is 5.15 Å². The van der Waals surface area contributed by atoms with Crippen molar-refractivity contribution in [1.29, 1.82) is 0 Å².